The molecule has 2 rings (SSSR count). The summed E-state index contributed by atoms with van der Waals surface area (Å²) in [7, 11) is 0. The Kier molecular flexibility index (Phi) is 3.08. The van der Waals surface area contributed by atoms with Crippen molar-refractivity contribution in [3.8, 4) is 0 Å². The number of likely N-dealkylation sites (tertiary alicyclic amines) is 1. The highest BCUT2D eigenvalue weighted by atomic mass is 19.1. The second kappa shape index (κ2) is 4.51. The van der Waals surface area contributed by atoms with Crippen LogP contribution in [-0.4, -0.2) is 23.9 Å². The lowest BCUT2D eigenvalue weighted by Gasteiger charge is -2.26. The average Bonchev–Trinajstić information content (AvgIpc) is 2.33. The normalized spacial score (nSPS) is 16.2. The SMILES string of the molecule is Nc1cc(C(=O)N2CCCCC2)ccc1F. The fraction of sp³-hybridized carbons (Fsp3) is 0.417. The first-order chi connectivity index (χ1) is 7.68. The zero-order valence-electron chi connectivity index (χ0n) is 9.08. The quantitative estimate of drug-likeness (QED) is 0.739. The largest absolute Gasteiger partial charge is 0.396 e. The van der Waals surface area contributed by atoms with Crippen LogP contribution in [0.2, 0.25) is 0 Å². The first-order valence-corrected chi connectivity index (χ1v) is 5.53. The Morgan fingerprint density at radius 1 is 1.25 bits per heavy atom. The minimum absolute atomic E-state index is 0.0304. The monoisotopic (exact) mass is 222 g/mol. The molecule has 0 saturated carbocycles. The molecule has 0 aliphatic carbocycles. The third kappa shape index (κ3) is 2.15. The van der Waals surface area contributed by atoms with Crippen molar-refractivity contribution in [3.63, 3.8) is 0 Å². The molecule has 1 aromatic carbocycles. The Bertz CT molecular complexity index is 400. The molecule has 86 valence electrons. The maximum absolute atomic E-state index is 13.0. The summed E-state index contributed by atoms with van der Waals surface area (Å²) < 4.78 is 13.0. The number of benzene rings is 1. The van der Waals surface area contributed by atoms with Gasteiger partial charge in [-0.15, -0.1) is 0 Å². The zero-order valence-corrected chi connectivity index (χ0v) is 9.08. The first-order valence-electron chi connectivity index (χ1n) is 5.53. The minimum atomic E-state index is -0.477. The number of nitrogens with zero attached hydrogens (tertiary/aromatic N) is 1. The number of halogens is 1. The predicted molar refractivity (Wildman–Crippen MR) is 60.6 cm³/mol. The van der Waals surface area contributed by atoms with Crippen LogP contribution in [0.3, 0.4) is 0 Å². The van der Waals surface area contributed by atoms with Crippen molar-refractivity contribution < 1.29 is 9.18 Å². The van der Waals surface area contributed by atoms with Crippen LogP contribution >= 0.6 is 0 Å². The van der Waals surface area contributed by atoms with Gasteiger partial charge in [0.1, 0.15) is 5.82 Å². The van der Waals surface area contributed by atoms with Crippen LogP contribution in [0.4, 0.5) is 10.1 Å². The van der Waals surface area contributed by atoms with E-state index in [9.17, 15) is 9.18 Å². The summed E-state index contributed by atoms with van der Waals surface area (Å²) in [5.74, 6) is -0.526. The van der Waals surface area contributed by atoms with Crippen molar-refractivity contribution in [1.82, 2.24) is 4.90 Å². The maximum Gasteiger partial charge on any atom is 0.253 e. The van der Waals surface area contributed by atoms with Crippen molar-refractivity contribution in [3.05, 3.63) is 29.6 Å². The number of hydrogen-bond acceptors (Lipinski definition) is 2. The Hall–Kier alpha value is -1.58. The smallest absolute Gasteiger partial charge is 0.253 e. The molecule has 3 nitrogen and oxygen atoms in total. The van der Waals surface area contributed by atoms with Gasteiger partial charge >= 0.3 is 0 Å². The van der Waals surface area contributed by atoms with Gasteiger partial charge in [-0.2, -0.15) is 0 Å². The minimum Gasteiger partial charge on any atom is -0.396 e. The molecule has 0 radical (unpaired) electrons. The molecule has 0 unspecified atom stereocenters. The highest BCUT2D eigenvalue weighted by Gasteiger charge is 2.18. The van der Waals surface area contributed by atoms with Crippen molar-refractivity contribution in [2.75, 3.05) is 18.8 Å². The molecule has 0 atom stereocenters. The van der Waals surface area contributed by atoms with E-state index in [0.29, 0.717) is 5.56 Å². The van der Waals surface area contributed by atoms with Crippen molar-refractivity contribution >= 4 is 11.6 Å². The van der Waals surface area contributed by atoms with E-state index < -0.39 is 5.82 Å². The molecule has 16 heavy (non-hydrogen) atoms. The van der Waals surface area contributed by atoms with E-state index >= 15 is 0 Å². The van der Waals surface area contributed by atoms with E-state index in [-0.39, 0.29) is 11.6 Å². The summed E-state index contributed by atoms with van der Waals surface area (Å²) in [4.78, 5) is 13.8. The van der Waals surface area contributed by atoms with E-state index in [4.69, 9.17) is 5.73 Å². The number of amides is 1. The first kappa shape index (κ1) is 10.9. The number of carbonyl (C=O) groups is 1. The van der Waals surface area contributed by atoms with Crippen LogP contribution in [0.15, 0.2) is 18.2 Å². The van der Waals surface area contributed by atoms with Crippen LogP contribution in [0.1, 0.15) is 29.6 Å². The summed E-state index contributed by atoms with van der Waals surface area (Å²) in [5.41, 5.74) is 5.95. The van der Waals surface area contributed by atoms with Crippen molar-refractivity contribution in [1.29, 1.82) is 0 Å². The number of nitrogen functional groups attached to an aromatic ring is 1. The average molecular weight is 222 g/mol. The van der Waals surface area contributed by atoms with Gasteiger partial charge in [0.2, 0.25) is 0 Å². The molecule has 1 aromatic rings. The Morgan fingerprint density at radius 3 is 2.56 bits per heavy atom. The van der Waals surface area contributed by atoms with E-state index in [1.807, 2.05) is 0 Å². The van der Waals surface area contributed by atoms with Crippen molar-refractivity contribution in [2.24, 2.45) is 0 Å². The molecule has 1 fully saturated rings. The molecule has 0 aromatic heterocycles. The number of carbonyl (C=O) groups excluding carboxylic acids is 1. The summed E-state index contributed by atoms with van der Waals surface area (Å²) in [6.45, 7) is 1.58. The van der Waals surface area contributed by atoms with Gasteiger partial charge in [-0.05, 0) is 37.5 Å². The van der Waals surface area contributed by atoms with E-state index in [2.05, 4.69) is 0 Å². The van der Waals surface area contributed by atoms with Gasteiger partial charge in [0, 0.05) is 18.7 Å². The third-order valence-corrected chi connectivity index (χ3v) is 2.89. The zero-order chi connectivity index (χ0) is 11.5. The van der Waals surface area contributed by atoms with Crippen LogP contribution in [-0.2, 0) is 0 Å². The predicted octanol–water partition coefficient (Wildman–Crippen LogP) is 2.03. The summed E-state index contributed by atoms with van der Waals surface area (Å²) in [6, 6.07) is 4.14. The Balaban J connectivity index is 2.16. The van der Waals surface area contributed by atoms with E-state index in [0.717, 1.165) is 25.9 Å². The van der Waals surface area contributed by atoms with Gasteiger partial charge in [-0.3, -0.25) is 4.79 Å². The highest BCUT2D eigenvalue weighted by molar-refractivity contribution is 5.95. The highest BCUT2D eigenvalue weighted by Crippen LogP contribution is 2.16. The van der Waals surface area contributed by atoms with Crippen LogP contribution in [0.5, 0.6) is 0 Å². The lowest BCUT2D eigenvalue weighted by atomic mass is 10.1. The molecule has 1 heterocycles. The number of nitrogens with two attached hydrogens (primary N) is 1. The lowest BCUT2D eigenvalue weighted by molar-refractivity contribution is 0.0724. The van der Waals surface area contributed by atoms with Crippen LogP contribution < -0.4 is 5.73 Å². The number of anilines is 1. The lowest BCUT2D eigenvalue weighted by Crippen LogP contribution is -2.35. The molecule has 0 spiro atoms. The third-order valence-electron chi connectivity index (χ3n) is 2.89. The number of rotatable bonds is 1. The number of hydrogen-bond donors (Lipinski definition) is 1. The van der Waals surface area contributed by atoms with Crippen LogP contribution in [0, 0.1) is 5.82 Å². The molecule has 1 amide bonds. The molecular formula is C12H15FN2O. The van der Waals surface area contributed by atoms with Gasteiger partial charge in [0.05, 0.1) is 5.69 Å². The summed E-state index contributed by atoms with van der Waals surface area (Å²) in [5, 5.41) is 0. The molecule has 2 N–H and O–H groups in total. The second-order valence-electron chi connectivity index (χ2n) is 4.09. The van der Waals surface area contributed by atoms with Crippen molar-refractivity contribution in [2.45, 2.75) is 19.3 Å². The molecule has 0 bridgehead atoms. The molecular weight excluding hydrogens is 207 g/mol. The van der Waals surface area contributed by atoms with Gasteiger partial charge in [-0.25, -0.2) is 4.39 Å². The molecule has 1 aliphatic heterocycles. The summed E-state index contributed by atoms with van der Waals surface area (Å²) >= 11 is 0. The van der Waals surface area contributed by atoms with Crippen LogP contribution in [0.25, 0.3) is 0 Å². The molecule has 1 aliphatic rings. The molecule has 4 heteroatoms. The van der Waals surface area contributed by atoms with Gasteiger partial charge in [0.15, 0.2) is 0 Å². The van der Waals surface area contributed by atoms with Gasteiger partial charge in [0.25, 0.3) is 5.91 Å². The Labute approximate surface area is 94.0 Å². The second-order valence-corrected chi connectivity index (χ2v) is 4.09. The fourth-order valence-electron chi connectivity index (χ4n) is 1.96. The molecule has 1 saturated heterocycles. The van der Waals surface area contributed by atoms with E-state index in [1.165, 1.54) is 24.6 Å². The Morgan fingerprint density at radius 2 is 1.94 bits per heavy atom. The fourth-order valence-corrected chi connectivity index (χ4v) is 1.96. The maximum atomic E-state index is 13.0. The number of piperidine rings is 1. The standard InChI is InChI=1S/C12H15FN2O/c13-10-5-4-9(8-11(10)14)12(16)15-6-2-1-3-7-15/h4-5,8H,1-3,6-7,14H2. The topological polar surface area (TPSA) is 46.3 Å². The van der Waals surface area contributed by atoms with E-state index in [1.54, 1.807) is 4.90 Å². The van der Waals surface area contributed by atoms with Gasteiger partial charge in [-0.1, -0.05) is 0 Å². The van der Waals surface area contributed by atoms with Gasteiger partial charge < -0.3 is 10.6 Å². The summed E-state index contributed by atoms with van der Waals surface area (Å²) in [6.07, 6.45) is 3.26.